The third-order valence-corrected chi connectivity index (χ3v) is 5.58. The third-order valence-electron chi connectivity index (χ3n) is 4.04. The van der Waals surface area contributed by atoms with Gasteiger partial charge in [0.15, 0.2) is 6.19 Å². The average molecular weight is 383 g/mol. The van der Waals surface area contributed by atoms with E-state index < -0.39 is 22.1 Å². The molecule has 2 amide bonds. The predicted octanol–water partition coefficient (Wildman–Crippen LogP) is -0.426. The Hall–Kier alpha value is -2.71. The number of hydrogen-bond acceptors (Lipinski definition) is 7. The van der Waals surface area contributed by atoms with Crippen molar-refractivity contribution in [3.05, 3.63) is 18.2 Å². The van der Waals surface area contributed by atoms with Crippen LogP contribution in [0.15, 0.2) is 23.1 Å². The van der Waals surface area contributed by atoms with Gasteiger partial charge in [0.2, 0.25) is 10.0 Å². The Morgan fingerprint density at radius 1 is 1.42 bits per heavy atom. The van der Waals surface area contributed by atoms with Gasteiger partial charge in [-0.3, -0.25) is 0 Å². The molecular weight excluding hydrogens is 362 g/mol. The SMILES string of the molecule is COc1ccc(OC)c(S(=O)(=O)N[C@@H]2C[C@H](CNC(N)=O)N(C#N)C2)c1. The van der Waals surface area contributed by atoms with Gasteiger partial charge in [0.25, 0.3) is 0 Å². The molecule has 26 heavy (non-hydrogen) atoms. The van der Waals surface area contributed by atoms with E-state index in [0.717, 1.165) is 0 Å². The first kappa shape index (κ1) is 19.6. The van der Waals surface area contributed by atoms with Gasteiger partial charge in [0.1, 0.15) is 16.4 Å². The normalized spacial score (nSPS) is 19.7. The number of nitrogens with two attached hydrogens (primary N) is 1. The van der Waals surface area contributed by atoms with Crippen molar-refractivity contribution in [2.45, 2.75) is 23.4 Å². The summed E-state index contributed by atoms with van der Waals surface area (Å²) >= 11 is 0. The van der Waals surface area contributed by atoms with Crippen molar-refractivity contribution in [2.75, 3.05) is 27.3 Å². The second kappa shape index (κ2) is 8.11. The maximum atomic E-state index is 12.8. The van der Waals surface area contributed by atoms with Crippen LogP contribution in [-0.4, -0.2) is 58.7 Å². The lowest BCUT2D eigenvalue weighted by Gasteiger charge is -2.17. The van der Waals surface area contributed by atoms with Crippen molar-refractivity contribution < 1.29 is 22.7 Å². The largest absolute Gasteiger partial charge is 0.497 e. The van der Waals surface area contributed by atoms with Gasteiger partial charge < -0.3 is 25.4 Å². The summed E-state index contributed by atoms with van der Waals surface area (Å²) in [6, 6.07) is 2.92. The molecule has 2 atom stereocenters. The molecule has 1 saturated heterocycles. The van der Waals surface area contributed by atoms with E-state index in [1.54, 1.807) is 6.07 Å². The fourth-order valence-corrected chi connectivity index (χ4v) is 4.24. The van der Waals surface area contributed by atoms with Crippen LogP contribution in [0, 0.1) is 11.5 Å². The number of urea groups is 1. The van der Waals surface area contributed by atoms with Gasteiger partial charge in [-0.15, -0.1) is 0 Å². The molecule has 1 aliphatic rings. The minimum atomic E-state index is -3.91. The number of amides is 2. The van der Waals surface area contributed by atoms with E-state index in [0.29, 0.717) is 12.2 Å². The van der Waals surface area contributed by atoms with E-state index >= 15 is 0 Å². The summed E-state index contributed by atoms with van der Waals surface area (Å²) in [5.41, 5.74) is 5.04. The number of likely N-dealkylation sites (tertiary alicyclic amines) is 1. The lowest BCUT2D eigenvalue weighted by atomic mass is 10.2. The number of methoxy groups -OCH3 is 2. The van der Waals surface area contributed by atoms with Crippen LogP contribution in [0.25, 0.3) is 0 Å². The second-order valence-corrected chi connectivity index (χ2v) is 7.40. The Kier molecular flexibility index (Phi) is 6.12. The van der Waals surface area contributed by atoms with Crippen LogP contribution < -0.4 is 25.2 Å². The van der Waals surface area contributed by atoms with Crippen molar-refractivity contribution in [1.82, 2.24) is 14.9 Å². The second-order valence-electron chi connectivity index (χ2n) is 5.72. The molecule has 0 aliphatic carbocycles. The number of primary amides is 1. The Morgan fingerprint density at radius 3 is 2.73 bits per heavy atom. The third kappa shape index (κ3) is 4.47. The van der Waals surface area contributed by atoms with Crippen LogP contribution in [0.1, 0.15) is 6.42 Å². The highest BCUT2D eigenvalue weighted by molar-refractivity contribution is 7.89. The first-order valence-electron chi connectivity index (χ1n) is 7.74. The summed E-state index contributed by atoms with van der Waals surface area (Å²) < 4.78 is 38.3. The number of benzene rings is 1. The monoisotopic (exact) mass is 383 g/mol. The van der Waals surface area contributed by atoms with Crippen LogP contribution in [0.3, 0.4) is 0 Å². The number of ether oxygens (including phenoxy) is 2. The molecule has 10 nitrogen and oxygen atoms in total. The van der Waals surface area contributed by atoms with E-state index in [1.165, 1.54) is 31.3 Å². The molecule has 1 aromatic rings. The summed E-state index contributed by atoms with van der Waals surface area (Å²) in [6.07, 6.45) is 2.34. The van der Waals surface area contributed by atoms with Crippen molar-refractivity contribution in [1.29, 1.82) is 5.26 Å². The van der Waals surface area contributed by atoms with Gasteiger partial charge >= 0.3 is 6.03 Å². The summed E-state index contributed by atoms with van der Waals surface area (Å²) in [5.74, 6) is 0.556. The van der Waals surface area contributed by atoms with Crippen molar-refractivity contribution in [3.8, 4) is 17.7 Å². The van der Waals surface area contributed by atoms with Crippen LogP contribution in [-0.2, 0) is 10.0 Å². The summed E-state index contributed by atoms with van der Waals surface area (Å²) in [5, 5.41) is 11.6. The molecule has 0 spiro atoms. The lowest BCUT2D eigenvalue weighted by Crippen LogP contribution is -2.40. The highest BCUT2D eigenvalue weighted by Gasteiger charge is 2.35. The molecule has 1 aliphatic heterocycles. The maximum absolute atomic E-state index is 12.8. The number of carbonyl (C=O) groups excluding carboxylic acids is 1. The van der Waals surface area contributed by atoms with Gasteiger partial charge in [-0.05, 0) is 18.6 Å². The zero-order valence-corrected chi connectivity index (χ0v) is 15.2. The molecule has 142 valence electrons. The molecule has 2 rings (SSSR count). The molecule has 0 saturated carbocycles. The number of nitrogens with one attached hydrogen (secondary N) is 2. The minimum absolute atomic E-state index is 0.0541. The molecule has 0 bridgehead atoms. The molecule has 0 radical (unpaired) electrons. The average Bonchev–Trinajstić information content (AvgIpc) is 3.00. The minimum Gasteiger partial charge on any atom is -0.497 e. The standard InChI is InChI=1S/C15H21N5O5S/c1-24-12-3-4-13(25-2)14(6-12)26(22,23)19-10-5-11(7-18-15(17)21)20(8-10)9-16/h3-4,6,10-11,19H,5,7-8H2,1-2H3,(H3,17,18,21)/t10-,11-/m1/s1. The van der Waals surface area contributed by atoms with Gasteiger partial charge in [-0.2, -0.15) is 5.26 Å². The molecule has 11 heteroatoms. The molecule has 0 aromatic heterocycles. The van der Waals surface area contributed by atoms with Gasteiger partial charge in [-0.1, -0.05) is 0 Å². The van der Waals surface area contributed by atoms with Crippen molar-refractivity contribution in [3.63, 3.8) is 0 Å². The van der Waals surface area contributed by atoms with Crippen molar-refractivity contribution in [2.24, 2.45) is 5.73 Å². The highest BCUT2D eigenvalue weighted by atomic mass is 32.2. The van der Waals surface area contributed by atoms with Crippen molar-refractivity contribution >= 4 is 16.1 Å². The number of sulfonamides is 1. The molecule has 0 unspecified atom stereocenters. The summed E-state index contributed by atoms with van der Waals surface area (Å²) in [7, 11) is -1.10. The summed E-state index contributed by atoms with van der Waals surface area (Å²) in [4.78, 5) is 12.2. The molecular formula is C15H21N5O5S. The first-order valence-corrected chi connectivity index (χ1v) is 9.23. The van der Waals surface area contributed by atoms with Gasteiger partial charge in [-0.25, -0.2) is 17.9 Å². The molecule has 4 N–H and O–H groups in total. The molecule has 1 aromatic carbocycles. The van der Waals surface area contributed by atoms with E-state index in [-0.39, 0.29) is 29.8 Å². The number of nitrogens with zero attached hydrogens (tertiary/aromatic N) is 2. The number of rotatable bonds is 7. The molecule has 1 heterocycles. The van der Waals surface area contributed by atoms with E-state index in [2.05, 4.69) is 10.0 Å². The van der Waals surface area contributed by atoms with E-state index in [4.69, 9.17) is 15.2 Å². The van der Waals surface area contributed by atoms with E-state index in [1.807, 2.05) is 6.19 Å². The highest BCUT2D eigenvalue weighted by Crippen LogP contribution is 2.29. The Morgan fingerprint density at radius 2 is 2.15 bits per heavy atom. The zero-order chi connectivity index (χ0) is 19.3. The zero-order valence-electron chi connectivity index (χ0n) is 14.4. The maximum Gasteiger partial charge on any atom is 0.312 e. The molecule has 1 fully saturated rings. The summed E-state index contributed by atoms with van der Waals surface area (Å²) in [6.45, 7) is 0.344. The van der Waals surface area contributed by atoms with E-state index in [9.17, 15) is 18.5 Å². The number of carbonyl (C=O) groups is 1. The van der Waals surface area contributed by atoms with Crippen LogP contribution in [0.4, 0.5) is 4.79 Å². The fraction of sp³-hybridized carbons (Fsp3) is 0.467. The quantitative estimate of drug-likeness (QED) is 0.542. The Bertz CT molecular complexity index is 807. The Labute approximate surface area is 151 Å². The topological polar surface area (TPSA) is 147 Å². The number of hydrogen-bond donors (Lipinski definition) is 3. The lowest BCUT2D eigenvalue weighted by molar-refractivity contribution is 0.245. The Balaban J connectivity index is 2.17. The van der Waals surface area contributed by atoms with Crippen LogP contribution >= 0.6 is 0 Å². The predicted molar refractivity (Wildman–Crippen MR) is 92.0 cm³/mol. The van der Waals surface area contributed by atoms with Crippen LogP contribution in [0.5, 0.6) is 11.5 Å². The smallest absolute Gasteiger partial charge is 0.312 e. The first-order chi connectivity index (χ1) is 12.3. The fourth-order valence-electron chi connectivity index (χ4n) is 2.81. The van der Waals surface area contributed by atoms with Gasteiger partial charge in [0, 0.05) is 25.2 Å². The van der Waals surface area contributed by atoms with Crippen LogP contribution in [0.2, 0.25) is 0 Å². The van der Waals surface area contributed by atoms with Gasteiger partial charge in [0.05, 0.1) is 20.3 Å². The number of nitriles is 1.